The lowest BCUT2D eigenvalue weighted by Gasteiger charge is -2.21. The Morgan fingerprint density at radius 2 is 2.07 bits per heavy atom. The van der Waals surface area contributed by atoms with Gasteiger partial charge in [0.1, 0.15) is 5.82 Å². The van der Waals surface area contributed by atoms with Crippen LogP contribution in [0.3, 0.4) is 0 Å². The molecule has 1 aromatic heterocycles. The van der Waals surface area contributed by atoms with E-state index in [-0.39, 0.29) is 5.91 Å². The third kappa shape index (κ3) is 5.01. The van der Waals surface area contributed by atoms with Gasteiger partial charge in [-0.25, -0.2) is 0 Å². The number of amides is 1. The van der Waals surface area contributed by atoms with Crippen molar-refractivity contribution in [1.82, 2.24) is 14.8 Å². The molecule has 5 nitrogen and oxygen atoms in total. The van der Waals surface area contributed by atoms with Crippen molar-refractivity contribution >= 4 is 23.4 Å². The molecule has 1 amide bonds. The molecule has 1 heterocycles. The van der Waals surface area contributed by atoms with Crippen molar-refractivity contribution in [2.24, 2.45) is 0 Å². The quantitative estimate of drug-likeness (QED) is 0.547. The van der Waals surface area contributed by atoms with Crippen LogP contribution in [-0.2, 0) is 11.3 Å². The molecule has 1 saturated carbocycles. The van der Waals surface area contributed by atoms with Gasteiger partial charge in [-0.05, 0) is 43.9 Å². The van der Waals surface area contributed by atoms with Gasteiger partial charge in [0.15, 0.2) is 5.16 Å². The second kappa shape index (κ2) is 9.22. The number of aromatic nitrogens is 3. The molecule has 0 bridgehead atoms. The van der Waals surface area contributed by atoms with Gasteiger partial charge in [0.2, 0.25) is 5.91 Å². The fourth-order valence-electron chi connectivity index (χ4n) is 3.56. The summed E-state index contributed by atoms with van der Waals surface area (Å²) in [4.78, 5) is 12.4. The molecule has 3 rings (SSSR count). The first-order chi connectivity index (χ1) is 13.1. The maximum Gasteiger partial charge on any atom is 0.234 e. The van der Waals surface area contributed by atoms with Gasteiger partial charge >= 0.3 is 0 Å². The van der Waals surface area contributed by atoms with Crippen LogP contribution in [0.25, 0.3) is 0 Å². The van der Waals surface area contributed by atoms with E-state index in [1.165, 1.54) is 43.9 Å². The Bertz CT molecular complexity index is 809. The first kappa shape index (κ1) is 19.7. The third-order valence-electron chi connectivity index (χ3n) is 5.03. The number of anilines is 1. The second-order valence-corrected chi connectivity index (χ2v) is 8.17. The summed E-state index contributed by atoms with van der Waals surface area (Å²) in [5.74, 6) is 1.81. The number of nitrogens with one attached hydrogen (secondary N) is 1. The predicted molar refractivity (Wildman–Crippen MR) is 111 cm³/mol. The van der Waals surface area contributed by atoms with Crippen molar-refractivity contribution in [2.45, 2.75) is 63.6 Å². The van der Waals surface area contributed by atoms with E-state index in [0.717, 1.165) is 27.8 Å². The lowest BCUT2D eigenvalue weighted by Crippen LogP contribution is -2.16. The maximum atomic E-state index is 12.4. The van der Waals surface area contributed by atoms with E-state index in [9.17, 15) is 4.79 Å². The van der Waals surface area contributed by atoms with E-state index in [2.05, 4.69) is 26.7 Å². The fourth-order valence-corrected chi connectivity index (χ4v) is 4.31. The van der Waals surface area contributed by atoms with Crippen LogP contribution >= 0.6 is 11.8 Å². The molecule has 0 radical (unpaired) electrons. The summed E-state index contributed by atoms with van der Waals surface area (Å²) in [5, 5.41) is 12.6. The van der Waals surface area contributed by atoms with Crippen molar-refractivity contribution in [3.8, 4) is 0 Å². The van der Waals surface area contributed by atoms with Gasteiger partial charge in [-0.2, -0.15) is 0 Å². The molecule has 1 aliphatic carbocycles. The Morgan fingerprint density at radius 3 is 2.81 bits per heavy atom. The van der Waals surface area contributed by atoms with Gasteiger partial charge in [-0.15, -0.1) is 16.8 Å². The first-order valence-corrected chi connectivity index (χ1v) is 10.6. The number of allylic oxidation sites excluding steroid dienone is 1. The largest absolute Gasteiger partial charge is 0.325 e. The van der Waals surface area contributed by atoms with Crippen molar-refractivity contribution in [3.63, 3.8) is 0 Å². The molecule has 0 atom stereocenters. The van der Waals surface area contributed by atoms with Crippen molar-refractivity contribution in [1.29, 1.82) is 0 Å². The summed E-state index contributed by atoms with van der Waals surface area (Å²) in [5.41, 5.74) is 3.07. The van der Waals surface area contributed by atoms with Crippen molar-refractivity contribution in [3.05, 3.63) is 47.8 Å². The average molecular weight is 385 g/mol. The minimum Gasteiger partial charge on any atom is -0.325 e. The van der Waals surface area contributed by atoms with Gasteiger partial charge in [0.05, 0.1) is 5.75 Å². The summed E-state index contributed by atoms with van der Waals surface area (Å²) < 4.78 is 2.12. The number of hydrogen-bond acceptors (Lipinski definition) is 4. The number of aryl methyl sites for hydroxylation is 2. The van der Waals surface area contributed by atoms with Crippen LogP contribution in [0.2, 0.25) is 0 Å². The van der Waals surface area contributed by atoms with Crippen LogP contribution in [-0.4, -0.2) is 26.4 Å². The van der Waals surface area contributed by atoms with Crippen LogP contribution in [0.5, 0.6) is 0 Å². The molecule has 1 aliphatic rings. The molecule has 0 saturated heterocycles. The van der Waals surface area contributed by atoms with Crippen molar-refractivity contribution < 1.29 is 4.79 Å². The topological polar surface area (TPSA) is 59.8 Å². The van der Waals surface area contributed by atoms with E-state index in [1.54, 1.807) is 0 Å². The van der Waals surface area contributed by atoms with Crippen LogP contribution in [0.1, 0.15) is 55.0 Å². The lowest BCUT2D eigenvalue weighted by molar-refractivity contribution is -0.113. The zero-order valence-corrected chi connectivity index (χ0v) is 17.0. The van der Waals surface area contributed by atoms with E-state index in [4.69, 9.17) is 0 Å². The number of hydrogen-bond donors (Lipinski definition) is 1. The Labute approximate surface area is 165 Å². The number of benzene rings is 1. The number of thioether (sulfide) groups is 1. The Kier molecular flexibility index (Phi) is 6.72. The summed E-state index contributed by atoms with van der Waals surface area (Å²) >= 11 is 1.44. The molecule has 6 heteroatoms. The second-order valence-electron chi connectivity index (χ2n) is 7.23. The minimum absolute atomic E-state index is 0.0268. The Hall–Kier alpha value is -2.08. The molecular weight excluding hydrogens is 356 g/mol. The molecule has 0 unspecified atom stereocenters. The Morgan fingerprint density at radius 1 is 1.30 bits per heavy atom. The van der Waals surface area contributed by atoms with Gasteiger partial charge in [0.25, 0.3) is 0 Å². The zero-order chi connectivity index (χ0) is 19.2. The van der Waals surface area contributed by atoms with Crippen molar-refractivity contribution in [2.75, 3.05) is 11.1 Å². The molecule has 27 heavy (non-hydrogen) atoms. The average Bonchev–Trinajstić information content (AvgIpc) is 3.07. The highest BCUT2D eigenvalue weighted by molar-refractivity contribution is 7.99. The van der Waals surface area contributed by atoms with Gasteiger partial charge in [-0.3, -0.25) is 4.79 Å². The van der Waals surface area contributed by atoms with Gasteiger partial charge in [-0.1, -0.05) is 49.2 Å². The smallest absolute Gasteiger partial charge is 0.234 e. The highest BCUT2D eigenvalue weighted by Crippen LogP contribution is 2.33. The number of carbonyl (C=O) groups is 1. The first-order valence-electron chi connectivity index (χ1n) is 9.62. The summed E-state index contributed by atoms with van der Waals surface area (Å²) in [6.45, 7) is 8.57. The summed E-state index contributed by atoms with van der Waals surface area (Å²) in [7, 11) is 0. The normalized spacial score (nSPS) is 14.9. The van der Waals surface area contributed by atoms with E-state index >= 15 is 0 Å². The summed E-state index contributed by atoms with van der Waals surface area (Å²) in [6, 6.07) is 6.07. The third-order valence-corrected chi connectivity index (χ3v) is 5.99. The highest BCUT2D eigenvalue weighted by Gasteiger charge is 2.23. The van der Waals surface area contributed by atoms with E-state index in [1.807, 2.05) is 38.1 Å². The molecule has 0 spiro atoms. The Balaban J connectivity index is 1.66. The van der Waals surface area contributed by atoms with Crippen LogP contribution in [0, 0.1) is 13.8 Å². The van der Waals surface area contributed by atoms with E-state index in [0.29, 0.717) is 18.2 Å². The fraction of sp³-hybridized carbons (Fsp3) is 0.476. The van der Waals surface area contributed by atoms with Gasteiger partial charge in [0, 0.05) is 18.2 Å². The highest BCUT2D eigenvalue weighted by atomic mass is 32.2. The zero-order valence-electron chi connectivity index (χ0n) is 16.2. The molecule has 1 fully saturated rings. The molecule has 1 aromatic carbocycles. The lowest BCUT2D eigenvalue weighted by atomic mass is 9.89. The SMILES string of the molecule is C=CCn1c(SCC(=O)Nc2cc(C)ccc2C)nnc1C1CCCCC1. The van der Waals surface area contributed by atoms with Crippen LogP contribution in [0.4, 0.5) is 5.69 Å². The maximum absolute atomic E-state index is 12.4. The number of carbonyl (C=O) groups excluding carboxylic acids is 1. The number of nitrogens with zero attached hydrogens (tertiary/aromatic N) is 3. The van der Waals surface area contributed by atoms with Crippen LogP contribution in [0.15, 0.2) is 36.0 Å². The monoisotopic (exact) mass is 384 g/mol. The van der Waals surface area contributed by atoms with Gasteiger partial charge < -0.3 is 9.88 Å². The molecule has 144 valence electrons. The molecule has 0 aliphatic heterocycles. The molecular formula is C21H28N4OS. The van der Waals surface area contributed by atoms with E-state index < -0.39 is 0 Å². The molecule has 2 aromatic rings. The predicted octanol–water partition coefficient (Wildman–Crippen LogP) is 4.86. The van der Waals surface area contributed by atoms with Crippen LogP contribution < -0.4 is 5.32 Å². The molecule has 1 N–H and O–H groups in total. The standard InChI is InChI=1S/C21H28N4OS/c1-4-12-25-20(17-8-6-5-7-9-17)23-24-21(25)27-14-19(26)22-18-13-15(2)10-11-16(18)3/h4,10-11,13,17H,1,5-9,12,14H2,2-3H3,(H,22,26). The summed E-state index contributed by atoms with van der Waals surface area (Å²) in [6.07, 6.45) is 8.04. The minimum atomic E-state index is -0.0268. The number of rotatable bonds is 7.